The van der Waals surface area contributed by atoms with Crippen molar-refractivity contribution in [2.75, 3.05) is 5.32 Å². The maximum absolute atomic E-state index is 13.4. The number of hydrogen-bond acceptors (Lipinski definition) is 4. The van der Waals surface area contributed by atoms with E-state index < -0.39 is 28.5 Å². The normalized spacial score (nSPS) is 12.2. The van der Waals surface area contributed by atoms with Gasteiger partial charge in [0.1, 0.15) is 17.3 Å². The Morgan fingerprint density at radius 1 is 1.40 bits per heavy atom. The first-order chi connectivity index (χ1) is 9.47. The number of para-hydroxylation sites is 1. The highest BCUT2D eigenvalue weighted by atomic mass is 32.2. The fourth-order valence-corrected chi connectivity index (χ4v) is 3.42. The number of thioether (sulfide) groups is 1. The van der Waals surface area contributed by atoms with E-state index in [-0.39, 0.29) is 0 Å². The van der Waals surface area contributed by atoms with Crippen LogP contribution in [-0.4, -0.2) is 16.1 Å². The Bertz CT molecular complexity index is 610. The number of thiazole rings is 1. The minimum atomic E-state index is -0.791. The molecule has 106 valence electrons. The molecule has 1 aromatic heterocycles. The summed E-state index contributed by atoms with van der Waals surface area (Å²) in [4.78, 5) is 16.2. The zero-order chi connectivity index (χ0) is 14.7. The van der Waals surface area contributed by atoms with E-state index >= 15 is 0 Å². The summed E-state index contributed by atoms with van der Waals surface area (Å²) >= 11 is 2.69. The van der Waals surface area contributed by atoms with Gasteiger partial charge in [-0.3, -0.25) is 4.79 Å². The number of nitrogens with one attached hydrogen (secondary N) is 1. The minimum absolute atomic E-state index is 0.416. The molecule has 20 heavy (non-hydrogen) atoms. The molecule has 0 saturated carbocycles. The Kier molecular flexibility index (Phi) is 4.72. The number of nitrogens with zero attached hydrogens (tertiary/aromatic N) is 1. The first-order valence-electron chi connectivity index (χ1n) is 5.81. The van der Waals surface area contributed by atoms with E-state index in [1.165, 1.54) is 29.2 Å². The zero-order valence-electron chi connectivity index (χ0n) is 10.8. The zero-order valence-corrected chi connectivity index (χ0v) is 12.4. The molecule has 0 aliphatic carbocycles. The molecule has 1 atom stereocenters. The average molecular weight is 314 g/mol. The molecule has 1 aromatic carbocycles. The Balaban J connectivity index is 2.04. The predicted octanol–water partition coefficient (Wildman–Crippen LogP) is 3.85. The summed E-state index contributed by atoms with van der Waals surface area (Å²) in [5, 5.41) is 3.65. The third-order valence-corrected chi connectivity index (χ3v) is 4.65. The molecule has 0 spiro atoms. The van der Waals surface area contributed by atoms with Crippen molar-refractivity contribution in [3.63, 3.8) is 0 Å². The lowest BCUT2D eigenvalue weighted by Gasteiger charge is -2.11. The molecule has 7 heteroatoms. The molecule has 0 aliphatic heterocycles. The Hall–Kier alpha value is -1.47. The number of carbonyl (C=O) groups excluding carboxylic acids is 1. The minimum Gasteiger partial charge on any atom is -0.320 e. The number of halogens is 2. The maximum atomic E-state index is 13.4. The van der Waals surface area contributed by atoms with Crippen molar-refractivity contribution >= 4 is 34.7 Å². The van der Waals surface area contributed by atoms with Crippen molar-refractivity contribution in [1.29, 1.82) is 0 Å². The van der Waals surface area contributed by atoms with Gasteiger partial charge in [0.05, 0.1) is 5.25 Å². The van der Waals surface area contributed by atoms with Crippen molar-refractivity contribution in [2.24, 2.45) is 0 Å². The lowest BCUT2D eigenvalue weighted by molar-refractivity contribution is -0.115. The van der Waals surface area contributed by atoms with Gasteiger partial charge in [0.25, 0.3) is 0 Å². The number of hydrogen-bond donors (Lipinski definition) is 1. The van der Waals surface area contributed by atoms with Crippen LogP contribution >= 0.6 is 23.1 Å². The van der Waals surface area contributed by atoms with Gasteiger partial charge in [-0.25, -0.2) is 13.8 Å². The topological polar surface area (TPSA) is 42.0 Å². The van der Waals surface area contributed by atoms with Crippen molar-refractivity contribution < 1.29 is 13.6 Å². The van der Waals surface area contributed by atoms with Gasteiger partial charge < -0.3 is 5.32 Å². The smallest absolute Gasteiger partial charge is 0.237 e. The largest absolute Gasteiger partial charge is 0.320 e. The SMILES string of the molecule is Cc1csc(S[C@@H](C)C(=O)Nc2c(F)cccc2F)n1. The second kappa shape index (κ2) is 6.32. The molecule has 2 aromatic rings. The second-order valence-electron chi connectivity index (χ2n) is 4.10. The molecule has 0 aliphatic rings. The van der Waals surface area contributed by atoms with Gasteiger partial charge in [-0.15, -0.1) is 11.3 Å². The van der Waals surface area contributed by atoms with Crippen molar-refractivity contribution in [3.05, 3.63) is 40.9 Å². The molecule has 0 unspecified atom stereocenters. The van der Waals surface area contributed by atoms with E-state index in [4.69, 9.17) is 0 Å². The lowest BCUT2D eigenvalue weighted by atomic mass is 10.3. The first-order valence-corrected chi connectivity index (χ1v) is 7.57. The first kappa shape index (κ1) is 14.9. The van der Waals surface area contributed by atoms with Crippen molar-refractivity contribution in [3.8, 4) is 0 Å². The molecule has 0 bridgehead atoms. The molecule has 0 radical (unpaired) electrons. The van der Waals surface area contributed by atoms with Gasteiger partial charge in [0.15, 0.2) is 4.34 Å². The molecule has 3 nitrogen and oxygen atoms in total. The maximum Gasteiger partial charge on any atom is 0.237 e. The van der Waals surface area contributed by atoms with Gasteiger partial charge >= 0.3 is 0 Å². The quantitative estimate of drug-likeness (QED) is 0.872. The van der Waals surface area contributed by atoms with Crippen LogP contribution in [0.2, 0.25) is 0 Å². The van der Waals surface area contributed by atoms with Crippen LogP contribution in [-0.2, 0) is 4.79 Å². The van der Waals surface area contributed by atoms with Gasteiger partial charge in [-0.1, -0.05) is 17.8 Å². The molecular weight excluding hydrogens is 302 g/mol. The highest BCUT2D eigenvalue weighted by Crippen LogP contribution is 2.28. The third kappa shape index (κ3) is 3.55. The molecule has 1 N–H and O–H groups in total. The molecular formula is C13H12F2N2OS2. The Morgan fingerprint density at radius 2 is 2.05 bits per heavy atom. The highest BCUT2D eigenvalue weighted by molar-refractivity contribution is 8.02. The monoisotopic (exact) mass is 314 g/mol. The summed E-state index contributed by atoms with van der Waals surface area (Å²) in [7, 11) is 0. The van der Waals surface area contributed by atoms with Crippen LogP contribution in [0.25, 0.3) is 0 Å². The van der Waals surface area contributed by atoms with Crippen LogP contribution in [0.15, 0.2) is 27.9 Å². The van der Waals surface area contributed by atoms with Crippen molar-refractivity contribution in [2.45, 2.75) is 23.4 Å². The molecule has 1 heterocycles. The van der Waals surface area contributed by atoms with E-state index in [0.717, 1.165) is 22.2 Å². The summed E-state index contributed by atoms with van der Waals surface area (Å²) in [5.74, 6) is -2.05. The summed E-state index contributed by atoms with van der Waals surface area (Å²) in [6.07, 6.45) is 0. The number of aryl methyl sites for hydroxylation is 1. The van der Waals surface area contributed by atoms with Gasteiger partial charge in [0.2, 0.25) is 5.91 Å². The number of carbonyl (C=O) groups is 1. The molecule has 2 rings (SSSR count). The molecule has 0 fully saturated rings. The number of amides is 1. The van der Waals surface area contributed by atoms with E-state index in [1.54, 1.807) is 6.92 Å². The van der Waals surface area contributed by atoms with E-state index in [0.29, 0.717) is 0 Å². The fraction of sp³-hybridized carbons (Fsp3) is 0.231. The predicted molar refractivity (Wildman–Crippen MR) is 77.2 cm³/mol. The van der Waals surface area contributed by atoms with Crippen LogP contribution in [0.3, 0.4) is 0 Å². The number of aromatic nitrogens is 1. The molecule has 0 saturated heterocycles. The Morgan fingerprint density at radius 3 is 2.60 bits per heavy atom. The fourth-order valence-electron chi connectivity index (χ4n) is 1.43. The Labute approximate surface area is 123 Å². The average Bonchev–Trinajstić information content (AvgIpc) is 2.79. The third-order valence-electron chi connectivity index (χ3n) is 2.46. The summed E-state index contributed by atoms with van der Waals surface area (Å²) in [6, 6.07) is 3.44. The van der Waals surface area contributed by atoms with E-state index in [2.05, 4.69) is 10.3 Å². The molecule has 1 amide bonds. The van der Waals surface area contributed by atoms with Gasteiger partial charge in [0, 0.05) is 11.1 Å². The van der Waals surface area contributed by atoms with Gasteiger partial charge in [-0.05, 0) is 26.0 Å². The van der Waals surface area contributed by atoms with Gasteiger partial charge in [-0.2, -0.15) is 0 Å². The number of anilines is 1. The number of benzene rings is 1. The lowest BCUT2D eigenvalue weighted by Crippen LogP contribution is -2.23. The summed E-state index contributed by atoms with van der Waals surface area (Å²) in [5.41, 5.74) is 0.463. The van der Waals surface area contributed by atoms with Crippen LogP contribution in [0.1, 0.15) is 12.6 Å². The second-order valence-corrected chi connectivity index (χ2v) is 6.55. The highest BCUT2D eigenvalue weighted by Gasteiger charge is 2.19. The van der Waals surface area contributed by atoms with E-state index in [1.807, 2.05) is 12.3 Å². The van der Waals surface area contributed by atoms with Crippen LogP contribution in [0.4, 0.5) is 14.5 Å². The standard InChI is InChI=1S/C13H12F2N2OS2/c1-7-6-19-13(16-7)20-8(2)12(18)17-11-9(14)4-3-5-10(11)15/h3-6,8H,1-2H3,(H,17,18)/t8-/m0/s1. The van der Waals surface area contributed by atoms with Crippen molar-refractivity contribution in [1.82, 2.24) is 4.98 Å². The number of rotatable bonds is 4. The van der Waals surface area contributed by atoms with Crippen LogP contribution < -0.4 is 5.32 Å². The van der Waals surface area contributed by atoms with Crippen LogP contribution in [0.5, 0.6) is 0 Å². The summed E-state index contributed by atoms with van der Waals surface area (Å²) in [6.45, 7) is 3.52. The summed E-state index contributed by atoms with van der Waals surface area (Å²) < 4.78 is 27.6. The van der Waals surface area contributed by atoms with Crippen LogP contribution in [0, 0.1) is 18.6 Å². The van der Waals surface area contributed by atoms with E-state index in [9.17, 15) is 13.6 Å².